The standard InChI is InChI=1S/C12H12F3NO2/c1-2-3-8-18-11(17)16-10-7-5-4-6-9(10)12(13,14)15/h2-7H,8H2,1H3,(H,16,17). The van der Waals surface area contributed by atoms with Gasteiger partial charge < -0.3 is 4.74 Å². The van der Waals surface area contributed by atoms with Crippen molar-refractivity contribution in [1.82, 2.24) is 0 Å². The summed E-state index contributed by atoms with van der Waals surface area (Å²) in [4.78, 5) is 11.2. The van der Waals surface area contributed by atoms with Crippen LogP contribution in [0.25, 0.3) is 0 Å². The zero-order valence-electron chi connectivity index (χ0n) is 9.62. The highest BCUT2D eigenvalue weighted by molar-refractivity contribution is 5.85. The molecule has 0 aliphatic heterocycles. The first-order valence-electron chi connectivity index (χ1n) is 5.16. The quantitative estimate of drug-likeness (QED) is 0.838. The molecular weight excluding hydrogens is 247 g/mol. The molecule has 0 fully saturated rings. The van der Waals surface area contributed by atoms with Gasteiger partial charge in [0.25, 0.3) is 0 Å². The van der Waals surface area contributed by atoms with Crippen LogP contribution >= 0.6 is 0 Å². The van der Waals surface area contributed by atoms with Crippen molar-refractivity contribution in [2.24, 2.45) is 0 Å². The second-order valence-electron chi connectivity index (χ2n) is 3.34. The summed E-state index contributed by atoms with van der Waals surface area (Å²) in [7, 11) is 0. The Kier molecular flexibility index (Phi) is 4.76. The Morgan fingerprint density at radius 3 is 2.67 bits per heavy atom. The molecule has 0 heterocycles. The van der Waals surface area contributed by atoms with E-state index in [9.17, 15) is 18.0 Å². The van der Waals surface area contributed by atoms with E-state index in [1.165, 1.54) is 18.2 Å². The number of carbonyl (C=O) groups excluding carboxylic acids is 1. The second kappa shape index (κ2) is 6.09. The predicted octanol–water partition coefficient (Wildman–Crippen LogP) is 3.83. The zero-order valence-corrected chi connectivity index (χ0v) is 9.62. The van der Waals surface area contributed by atoms with Gasteiger partial charge >= 0.3 is 12.3 Å². The molecule has 1 rings (SSSR count). The van der Waals surface area contributed by atoms with Gasteiger partial charge in [-0.05, 0) is 19.1 Å². The van der Waals surface area contributed by atoms with Crippen LogP contribution in [0.2, 0.25) is 0 Å². The molecule has 0 aromatic heterocycles. The number of allylic oxidation sites excluding steroid dienone is 1. The van der Waals surface area contributed by atoms with Crippen LogP contribution in [-0.4, -0.2) is 12.7 Å². The third-order valence-corrected chi connectivity index (χ3v) is 2.02. The third-order valence-electron chi connectivity index (χ3n) is 2.02. The summed E-state index contributed by atoms with van der Waals surface area (Å²) in [5.74, 6) is 0. The number of carbonyl (C=O) groups is 1. The molecule has 3 nitrogen and oxygen atoms in total. The number of nitrogens with one attached hydrogen (secondary N) is 1. The largest absolute Gasteiger partial charge is 0.445 e. The Bertz CT molecular complexity index is 441. The van der Waals surface area contributed by atoms with Crippen molar-refractivity contribution >= 4 is 11.8 Å². The number of amides is 1. The van der Waals surface area contributed by atoms with Gasteiger partial charge in [-0.1, -0.05) is 24.3 Å². The van der Waals surface area contributed by atoms with Crippen LogP contribution in [0.15, 0.2) is 36.4 Å². The normalized spacial score (nSPS) is 11.6. The first-order valence-corrected chi connectivity index (χ1v) is 5.16. The molecule has 0 saturated carbocycles. The fraction of sp³-hybridized carbons (Fsp3) is 0.250. The number of benzene rings is 1. The molecule has 0 saturated heterocycles. The minimum Gasteiger partial charge on any atom is -0.445 e. The first-order chi connectivity index (χ1) is 8.45. The van der Waals surface area contributed by atoms with E-state index in [2.05, 4.69) is 10.1 Å². The maximum Gasteiger partial charge on any atom is 0.418 e. The van der Waals surface area contributed by atoms with Crippen LogP contribution in [0.1, 0.15) is 12.5 Å². The van der Waals surface area contributed by atoms with Crippen LogP contribution in [0, 0.1) is 0 Å². The number of para-hydroxylation sites is 1. The molecule has 1 N–H and O–H groups in total. The molecule has 0 spiro atoms. The van der Waals surface area contributed by atoms with Gasteiger partial charge in [0.2, 0.25) is 0 Å². The van der Waals surface area contributed by atoms with Gasteiger partial charge in [-0.25, -0.2) is 4.79 Å². The van der Waals surface area contributed by atoms with E-state index in [-0.39, 0.29) is 12.3 Å². The monoisotopic (exact) mass is 259 g/mol. The molecule has 1 aromatic rings. The zero-order chi connectivity index (χ0) is 13.6. The van der Waals surface area contributed by atoms with Crippen LogP contribution in [-0.2, 0) is 10.9 Å². The first kappa shape index (κ1) is 14.1. The topological polar surface area (TPSA) is 38.3 Å². The number of halogens is 3. The summed E-state index contributed by atoms with van der Waals surface area (Å²) in [5, 5.41) is 2.06. The molecule has 0 aliphatic rings. The number of hydrogen-bond donors (Lipinski definition) is 1. The summed E-state index contributed by atoms with van der Waals surface area (Å²) < 4.78 is 42.5. The Morgan fingerprint density at radius 1 is 1.39 bits per heavy atom. The molecule has 0 aliphatic carbocycles. The number of alkyl halides is 3. The van der Waals surface area contributed by atoms with Crippen molar-refractivity contribution < 1.29 is 22.7 Å². The highest BCUT2D eigenvalue weighted by atomic mass is 19.4. The minimum absolute atomic E-state index is 0.0104. The van der Waals surface area contributed by atoms with Crippen molar-refractivity contribution in [3.8, 4) is 0 Å². The molecule has 6 heteroatoms. The van der Waals surface area contributed by atoms with Gasteiger partial charge in [-0.15, -0.1) is 0 Å². The highest BCUT2D eigenvalue weighted by Gasteiger charge is 2.33. The van der Waals surface area contributed by atoms with Gasteiger partial charge in [-0.3, -0.25) is 5.32 Å². The van der Waals surface area contributed by atoms with Crippen molar-refractivity contribution in [3.05, 3.63) is 42.0 Å². The lowest BCUT2D eigenvalue weighted by Crippen LogP contribution is -2.17. The average Bonchev–Trinajstić information content (AvgIpc) is 2.28. The lowest BCUT2D eigenvalue weighted by molar-refractivity contribution is -0.136. The summed E-state index contributed by atoms with van der Waals surface area (Å²) in [5.41, 5.74) is -1.23. The molecular formula is C12H12F3NO2. The van der Waals surface area contributed by atoms with E-state index < -0.39 is 17.8 Å². The molecule has 1 amide bonds. The number of rotatable bonds is 3. The van der Waals surface area contributed by atoms with Crippen molar-refractivity contribution in [2.75, 3.05) is 11.9 Å². The van der Waals surface area contributed by atoms with Gasteiger partial charge in [-0.2, -0.15) is 13.2 Å². The van der Waals surface area contributed by atoms with Crippen LogP contribution in [0.4, 0.5) is 23.7 Å². The van der Waals surface area contributed by atoms with Gasteiger partial charge in [0, 0.05) is 0 Å². The van der Waals surface area contributed by atoms with E-state index in [1.54, 1.807) is 19.1 Å². The van der Waals surface area contributed by atoms with E-state index >= 15 is 0 Å². The van der Waals surface area contributed by atoms with Crippen LogP contribution in [0.3, 0.4) is 0 Å². The fourth-order valence-corrected chi connectivity index (χ4v) is 1.21. The molecule has 0 bridgehead atoms. The predicted molar refractivity (Wildman–Crippen MR) is 61.2 cm³/mol. The molecule has 0 atom stereocenters. The fourth-order valence-electron chi connectivity index (χ4n) is 1.21. The number of anilines is 1. The maximum atomic E-state index is 12.6. The number of hydrogen-bond acceptors (Lipinski definition) is 2. The van der Waals surface area contributed by atoms with E-state index in [4.69, 9.17) is 0 Å². The molecule has 0 radical (unpaired) electrons. The minimum atomic E-state index is -4.52. The van der Waals surface area contributed by atoms with Crippen LogP contribution in [0.5, 0.6) is 0 Å². The molecule has 18 heavy (non-hydrogen) atoms. The van der Waals surface area contributed by atoms with Crippen molar-refractivity contribution in [2.45, 2.75) is 13.1 Å². The number of ether oxygens (including phenoxy) is 1. The molecule has 98 valence electrons. The van der Waals surface area contributed by atoms with Crippen LogP contribution < -0.4 is 5.32 Å². The Balaban J connectivity index is 2.75. The lowest BCUT2D eigenvalue weighted by atomic mass is 10.2. The molecule has 1 aromatic carbocycles. The van der Waals surface area contributed by atoms with E-state index in [0.717, 1.165) is 6.07 Å². The van der Waals surface area contributed by atoms with Crippen molar-refractivity contribution in [1.29, 1.82) is 0 Å². The summed E-state index contributed by atoms with van der Waals surface area (Å²) in [6, 6.07) is 4.71. The van der Waals surface area contributed by atoms with Gasteiger partial charge in [0.05, 0.1) is 11.3 Å². The maximum absolute atomic E-state index is 12.6. The average molecular weight is 259 g/mol. The summed E-state index contributed by atoms with van der Waals surface area (Å²) in [6.45, 7) is 1.75. The SMILES string of the molecule is CC=CCOC(=O)Nc1ccccc1C(F)(F)F. The lowest BCUT2D eigenvalue weighted by Gasteiger charge is -2.13. The van der Waals surface area contributed by atoms with E-state index in [1.807, 2.05) is 0 Å². The Morgan fingerprint density at radius 2 is 2.06 bits per heavy atom. The highest BCUT2D eigenvalue weighted by Crippen LogP contribution is 2.34. The van der Waals surface area contributed by atoms with Gasteiger partial charge in [0.1, 0.15) is 6.61 Å². The Labute approximate surface area is 102 Å². The summed E-state index contributed by atoms with van der Waals surface area (Å²) in [6.07, 6.45) is -2.22. The molecule has 0 unspecified atom stereocenters. The van der Waals surface area contributed by atoms with Gasteiger partial charge in [0.15, 0.2) is 0 Å². The van der Waals surface area contributed by atoms with Crippen molar-refractivity contribution in [3.63, 3.8) is 0 Å². The Hall–Kier alpha value is -1.98. The van der Waals surface area contributed by atoms with E-state index in [0.29, 0.717) is 0 Å². The third kappa shape index (κ3) is 4.12. The summed E-state index contributed by atoms with van der Waals surface area (Å²) >= 11 is 0. The smallest absolute Gasteiger partial charge is 0.418 e. The second-order valence-corrected chi connectivity index (χ2v) is 3.34.